The first-order valence-corrected chi connectivity index (χ1v) is 26.5. The Morgan fingerprint density at radius 2 is 1.37 bits per heavy atom. The molecule has 11 atom stereocenters. The third-order valence-corrected chi connectivity index (χ3v) is 15.5. The number of esters is 3. The molecule has 0 aromatic heterocycles. The van der Waals surface area contributed by atoms with Crippen LogP contribution in [0.3, 0.4) is 0 Å². The number of rotatable bonds is 20. The third-order valence-electron chi connectivity index (χ3n) is 15.5. The zero-order valence-corrected chi connectivity index (χ0v) is 50.5. The van der Waals surface area contributed by atoms with Crippen molar-refractivity contribution in [1.29, 1.82) is 0 Å². The number of fused-ring (bicyclic) bond motifs is 5. The summed E-state index contributed by atoms with van der Waals surface area (Å²) in [5, 5.41) is 41.6. The van der Waals surface area contributed by atoms with Gasteiger partial charge >= 0.3 is 24.0 Å². The number of Topliss-reactive ketones (excluding diaryl/α,β-unsaturated/α-hetero) is 1. The number of hydrogen-bond acceptors (Lipinski definition) is 13. The van der Waals surface area contributed by atoms with Crippen LogP contribution in [0.5, 0.6) is 0 Å². The maximum Gasteiger partial charge on any atom is 0.408 e. The van der Waals surface area contributed by atoms with Crippen LogP contribution in [0.1, 0.15) is 142 Å². The summed E-state index contributed by atoms with van der Waals surface area (Å²) in [6.07, 6.45) is 16.3. The minimum absolute atomic E-state index is 0. The summed E-state index contributed by atoms with van der Waals surface area (Å²) in [6, 6.07) is 15.9. The van der Waals surface area contributed by atoms with Crippen LogP contribution in [-0.2, 0) is 38.1 Å². The van der Waals surface area contributed by atoms with Gasteiger partial charge in [-0.1, -0.05) is 130 Å². The molecule has 409 valence electrons. The van der Waals surface area contributed by atoms with E-state index in [1.807, 2.05) is 18.2 Å². The number of allylic oxidation sites excluding steroid dienone is 10. The number of amides is 1. The van der Waals surface area contributed by atoms with E-state index in [4.69, 9.17) is 23.7 Å². The van der Waals surface area contributed by atoms with Crippen molar-refractivity contribution in [2.75, 3.05) is 6.61 Å². The van der Waals surface area contributed by atoms with Crippen molar-refractivity contribution >= 4 is 29.8 Å². The molecule has 15 heteroatoms. The van der Waals surface area contributed by atoms with Gasteiger partial charge < -0.3 is 44.3 Å². The van der Waals surface area contributed by atoms with Crippen molar-refractivity contribution in [2.24, 2.45) is 22.7 Å². The summed E-state index contributed by atoms with van der Waals surface area (Å²) in [5.74, 6) is -5.85. The molecule has 1 radical (unpaired) electrons. The zero-order valence-electron chi connectivity index (χ0n) is 45.7. The summed E-state index contributed by atoms with van der Waals surface area (Å²) in [6.45, 7) is 14.9. The molecule has 6 rings (SSSR count). The molecule has 0 spiro atoms. The Labute approximate surface area is 485 Å². The number of benzene rings is 2. The number of aliphatic hydroxyl groups excluding tert-OH is 1. The van der Waals surface area contributed by atoms with Crippen LogP contribution in [0, 0.1) is 66.7 Å². The van der Waals surface area contributed by atoms with Crippen LogP contribution >= 0.6 is 0 Å². The Hall–Kier alpha value is -4.49. The number of nitrogens with one attached hydrogen (secondary N) is 1. The Kier molecular flexibility index (Phi) is 22.1. The van der Waals surface area contributed by atoms with Crippen LogP contribution < -0.4 is 5.32 Å². The maximum atomic E-state index is 15.8. The molecule has 2 bridgehead atoms. The van der Waals surface area contributed by atoms with Gasteiger partial charge in [0, 0.05) is 74.7 Å². The first kappa shape index (κ1) is 62.4. The van der Waals surface area contributed by atoms with Gasteiger partial charge in [-0.2, -0.15) is 0 Å². The molecule has 3 aliphatic carbocycles. The second-order valence-corrected chi connectivity index (χ2v) is 22.1. The molecule has 4 N–H and O–H groups in total. The first-order chi connectivity index (χ1) is 35.5. The molecule has 2 saturated carbocycles. The van der Waals surface area contributed by atoms with E-state index in [0.29, 0.717) is 12.0 Å². The van der Waals surface area contributed by atoms with Crippen molar-refractivity contribution in [3.05, 3.63) is 144 Å². The van der Waals surface area contributed by atoms with Crippen molar-refractivity contribution < 1.29 is 107 Å². The molecular formula is C61H79AcNO13. The number of hydrogen-bond donors (Lipinski definition) is 4. The van der Waals surface area contributed by atoms with Crippen molar-refractivity contribution in [1.82, 2.24) is 5.32 Å². The second kappa shape index (κ2) is 26.9. The average molecular weight is 1260 g/mol. The van der Waals surface area contributed by atoms with E-state index in [2.05, 4.69) is 54.8 Å². The summed E-state index contributed by atoms with van der Waals surface area (Å²) >= 11 is 0. The van der Waals surface area contributed by atoms with E-state index in [0.717, 1.165) is 25.7 Å². The van der Waals surface area contributed by atoms with E-state index in [9.17, 15) is 34.5 Å². The zero-order chi connectivity index (χ0) is 54.8. The number of aliphatic hydroxyl groups is 3. The molecule has 3 fully saturated rings. The van der Waals surface area contributed by atoms with Gasteiger partial charge in [-0.05, 0) is 109 Å². The average Bonchev–Trinajstić information content (AvgIpc) is 3.36. The Morgan fingerprint density at radius 3 is 1.91 bits per heavy atom. The quantitative estimate of drug-likeness (QED) is 0.0554. The third kappa shape index (κ3) is 14.0. The van der Waals surface area contributed by atoms with E-state index < -0.39 is 112 Å². The van der Waals surface area contributed by atoms with Crippen molar-refractivity contribution in [2.45, 2.75) is 173 Å². The van der Waals surface area contributed by atoms with Gasteiger partial charge in [0.1, 0.15) is 29.0 Å². The SMILES string of the molecule is CC/C=C\C/C=C\C/C=C\C/C=C\C/C=C\CCC(=O)OC1C(=O)C2(C)C(O)CC3OCC3(O)C2C(OC(=O)c2ccccc2)C2(O)CC(OC(=O)C(C)C(NC(=O)OC(C)(C)C)c3ccccc3)C(C)=C1C2(C)C.[Ac]. The van der Waals surface area contributed by atoms with Crippen LogP contribution in [-0.4, -0.2) is 99.0 Å². The van der Waals surface area contributed by atoms with Gasteiger partial charge in [0.2, 0.25) is 0 Å². The van der Waals surface area contributed by atoms with Gasteiger partial charge in [-0.3, -0.25) is 14.4 Å². The van der Waals surface area contributed by atoms with Crippen LogP contribution in [0.25, 0.3) is 0 Å². The molecule has 14 nitrogen and oxygen atoms in total. The first-order valence-electron chi connectivity index (χ1n) is 26.5. The summed E-state index contributed by atoms with van der Waals surface area (Å²) in [5.41, 5.74) is -7.67. The van der Waals surface area contributed by atoms with Gasteiger partial charge in [0.25, 0.3) is 0 Å². The van der Waals surface area contributed by atoms with Crippen molar-refractivity contribution in [3.8, 4) is 0 Å². The molecule has 1 saturated heterocycles. The van der Waals surface area contributed by atoms with Crippen LogP contribution in [0.2, 0.25) is 0 Å². The fraction of sp³-hybridized carbons (Fsp3) is 0.525. The fourth-order valence-corrected chi connectivity index (χ4v) is 11.2. The Bertz CT molecular complexity index is 2530. The summed E-state index contributed by atoms with van der Waals surface area (Å²) < 4.78 is 30.5. The van der Waals surface area contributed by atoms with Gasteiger partial charge in [-0.25, -0.2) is 9.59 Å². The molecule has 1 aliphatic heterocycles. The predicted octanol–water partition coefficient (Wildman–Crippen LogP) is 10.0. The smallest absolute Gasteiger partial charge is 0.408 e. The molecular weight excluding hydrogens is 1180 g/mol. The normalized spacial score (nSPS) is 28.9. The van der Waals surface area contributed by atoms with Gasteiger partial charge in [-0.15, -0.1) is 0 Å². The monoisotopic (exact) mass is 1260 g/mol. The van der Waals surface area contributed by atoms with E-state index in [1.165, 1.54) is 19.1 Å². The topological polar surface area (TPSA) is 204 Å². The number of carbonyl (C=O) groups excluding carboxylic acids is 5. The molecule has 4 aliphatic rings. The summed E-state index contributed by atoms with van der Waals surface area (Å²) in [4.78, 5) is 72.3. The molecule has 11 unspecified atom stereocenters. The van der Waals surface area contributed by atoms with E-state index >= 15 is 4.79 Å². The maximum absolute atomic E-state index is 15.8. The number of ether oxygens (including phenoxy) is 5. The molecule has 2 aromatic rings. The number of ketones is 1. The molecule has 2 aromatic carbocycles. The van der Waals surface area contributed by atoms with Gasteiger partial charge in [0.05, 0.1) is 41.8 Å². The minimum Gasteiger partial charge on any atom is -0.457 e. The van der Waals surface area contributed by atoms with E-state index in [-0.39, 0.29) is 86.6 Å². The van der Waals surface area contributed by atoms with Crippen LogP contribution in [0.15, 0.2) is 133 Å². The van der Waals surface area contributed by atoms with Crippen LogP contribution in [0.4, 0.5) is 4.79 Å². The number of carbonyl (C=O) groups is 5. The minimum atomic E-state index is -2.31. The second-order valence-electron chi connectivity index (χ2n) is 22.1. The standard InChI is InChI=1S/C61H79NO13.Ac/c1-10-11-12-13-14-15-16-17-18-19-20-21-22-23-24-31-36-47(64)73-50-48-40(2)44(72-54(66)41(3)49(42-32-27-25-28-33-42)62-56(68)75-57(4,5)6)38-61(70,58(48,7)8)53(74-55(67)43-34-29-26-30-35-43)51-59(9,52(50)65)45(63)37-46-60(51,69)39-71-46;/h11-12,14-15,17-18,20-21,23-30,32-35,41,44-46,49-51,53,63,69-70H,10,13,16,19,22,31,36-39H2,1-9H3,(H,62,68);/b12-11-,15-14-,18-17-,21-20-,24-23-;. The van der Waals surface area contributed by atoms with Crippen molar-refractivity contribution in [3.63, 3.8) is 0 Å². The molecule has 1 heterocycles. The molecule has 1 amide bonds. The Balaban J connectivity index is 0.0000107. The summed E-state index contributed by atoms with van der Waals surface area (Å²) in [7, 11) is 0. The molecule has 76 heavy (non-hydrogen) atoms. The fourth-order valence-electron chi connectivity index (χ4n) is 11.2. The largest absolute Gasteiger partial charge is 0.457 e. The van der Waals surface area contributed by atoms with E-state index in [1.54, 1.807) is 97.0 Å². The Morgan fingerprint density at radius 1 is 0.816 bits per heavy atom. The number of alkyl carbamates (subject to hydrolysis) is 1. The predicted molar refractivity (Wildman–Crippen MR) is 285 cm³/mol. The van der Waals surface area contributed by atoms with Gasteiger partial charge in [0.15, 0.2) is 11.9 Å².